The first-order valence-corrected chi connectivity index (χ1v) is 8.72. The van der Waals surface area contributed by atoms with Crippen LogP contribution in [0.2, 0.25) is 0 Å². The smallest absolute Gasteiger partial charge is 0.328 e. The average molecular weight is 371 g/mol. The molecule has 0 saturated heterocycles. The number of aliphatic imine (C=N–C) groups is 1. The number of carbonyl (C=O) groups excluding carboxylic acids is 1. The van der Waals surface area contributed by atoms with Gasteiger partial charge in [-0.15, -0.1) is 0 Å². The van der Waals surface area contributed by atoms with Crippen molar-refractivity contribution in [3.8, 4) is 11.5 Å². The molecule has 2 aromatic carbocycles. The lowest BCUT2D eigenvalue weighted by molar-refractivity contribution is -0.143. The monoisotopic (exact) mass is 371 g/mol. The molecule has 0 atom stereocenters. The summed E-state index contributed by atoms with van der Waals surface area (Å²) in [6.45, 7) is 1.37. The zero-order chi connectivity index (χ0) is 19.3. The minimum atomic E-state index is -0.375. The highest BCUT2D eigenvalue weighted by Gasteiger charge is 2.06. The summed E-state index contributed by atoms with van der Waals surface area (Å²) in [6, 6.07) is 15.0. The summed E-state index contributed by atoms with van der Waals surface area (Å²) in [5.41, 5.74) is 1.76. The second kappa shape index (κ2) is 11.7. The van der Waals surface area contributed by atoms with Crippen LogP contribution >= 0.6 is 0 Å². The van der Waals surface area contributed by atoms with Gasteiger partial charge in [0.15, 0.2) is 11.5 Å². The van der Waals surface area contributed by atoms with E-state index in [9.17, 15) is 4.79 Å². The van der Waals surface area contributed by atoms with Gasteiger partial charge in [-0.1, -0.05) is 30.3 Å². The molecule has 0 aliphatic carbocycles. The van der Waals surface area contributed by atoms with Gasteiger partial charge in [0.05, 0.1) is 13.7 Å². The molecule has 144 valence electrons. The molecule has 0 fully saturated rings. The van der Waals surface area contributed by atoms with E-state index >= 15 is 0 Å². The second-order valence-electron chi connectivity index (χ2n) is 5.72. The van der Waals surface area contributed by atoms with Crippen molar-refractivity contribution >= 4 is 12.2 Å². The van der Waals surface area contributed by atoms with Crippen LogP contribution in [0.4, 0.5) is 0 Å². The molecule has 0 aliphatic heterocycles. The van der Waals surface area contributed by atoms with E-state index in [2.05, 4.69) is 4.99 Å². The van der Waals surface area contributed by atoms with Crippen molar-refractivity contribution in [3.05, 3.63) is 59.7 Å². The average Bonchev–Trinajstić information content (AvgIpc) is 2.70. The van der Waals surface area contributed by atoms with Crippen LogP contribution in [0.3, 0.4) is 0 Å². The topological polar surface area (TPSA) is 66.4 Å². The summed E-state index contributed by atoms with van der Waals surface area (Å²) in [5.74, 6) is 0.899. The Balaban J connectivity index is 1.85. The highest BCUT2D eigenvalue weighted by molar-refractivity contribution is 5.83. The molecule has 0 N–H and O–H groups in total. The summed E-state index contributed by atoms with van der Waals surface area (Å²) < 4.78 is 21.2. The molecule has 0 amide bonds. The van der Waals surface area contributed by atoms with Gasteiger partial charge < -0.3 is 18.9 Å². The van der Waals surface area contributed by atoms with Gasteiger partial charge in [0.25, 0.3) is 0 Å². The van der Waals surface area contributed by atoms with Gasteiger partial charge in [-0.3, -0.25) is 9.79 Å². The van der Waals surface area contributed by atoms with E-state index in [-0.39, 0.29) is 19.1 Å². The highest BCUT2D eigenvalue weighted by atomic mass is 16.5. The Morgan fingerprint density at radius 3 is 2.59 bits per heavy atom. The number of esters is 1. The standard InChI is InChI=1S/C21H25NO5/c1-24-11-6-12-26-20-13-18(9-10-19(20)25-2)14-22-15-21(23)27-16-17-7-4-3-5-8-17/h3-5,7-10,13-14H,6,11-12,15-16H2,1-2H3/b22-14+. The van der Waals surface area contributed by atoms with Gasteiger partial charge in [0.1, 0.15) is 13.2 Å². The molecule has 2 aromatic rings. The Morgan fingerprint density at radius 2 is 1.85 bits per heavy atom. The molecule has 0 unspecified atom stereocenters. The van der Waals surface area contributed by atoms with Crippen LogP contribution in [-0.4, -0.2) is 46.2 Å². The molecule has 0 spiro atoms. The van der Waals surface area contributed by atoms with E-state index in [1.165, 1.54) is 0 Å². The summed E-state index contributed by atoms with van der Waals surface area (Å²) in [6.07, 6.45) is 2.40. The van der Waals surface area contributed by atoms with Crippen molar-refractivity contribution in [1.82, 2.24) is 0 Å². The summed E-state index contributed by atoms with van der Waals surface area (Å²) in [4.78, 5) is 15.9. The van der Waals surface area contributed by atoms with Crippen LogP contribution in [0.5, 0.6) is 11.5 Å². The molecule has 6 nitrogen and oxygen atoms in total. The molecular weight excluding hydrogens is 346 g/mol. The van der Waals surface area contributed by atoms with Crippen LogP contribution in [0.1, 0.15) is 17.5 Å². The van der Waals surface area contributed by atoms with Crippen molar-refractivity contribution < 1.29 is 23.7 Å². The summed E-state index contributed by atoms with van der Waals surface area (Å²) >= 11 is 0. The van der Waals surface area contributed by atoms with Crippen LogP contribution < -0.4 is 9.47 Å². The third-order valence-electron chi connectivity index (χ3n) is 3.64. The number of methoxy groups -OCH3 is 2. The molecule has 0 aromatic heterocycles. The lowest BCUT2D eigenvalue weighted by Gasteiger charge is -2.11. The first kappa shape index (κ1) is 20.5. The number of ether oxygens (including phenoxy) is 4. The van der Waals surface area contributed by atoms with Gasteiger partial charge in [0, 0.05) is 26.4 Å². The minimum Gasteiger partial charge on any atom is -0.493 e. The maximum Gasteiger partial charge on any atom is 0.328 e. The quantitative estimate of drug-likeness (QED) is 0.345. The third-order valence-corrected chi connectivity index (χ3v) is 3.64. The number of nitrogens with zero attached hydrogens (tertiary/aromatic N) is 1. The Morgan fingerprint density at radius 1 is 1.04 bits per heavy atom. The normalized spacial score (nSPS) is 10.7. The van der Waals surface area contributed by atoms with E-state index in [1.807, 2.05) is 42.5 Å². The fourth-order valence-corrected chi connectivity index (χ4v) is 2.28. The lowest BCUT2D eigenvalue weighted by Crippen LogP contribution is -2.08. The van der Waals surface area contributed by atoms with Gasteiger partial charge in [-0.2, -0.15) is 0 Å². The van der Waals surface area contributed by atoms with E-state index < -0.39 is 0 Å². The zero-order valence-corrected chi connectivity index (χ0v) is 15.7. The first-order chi connectivity index (χ1) is 13.2. The highest BCUT2D eigenvalue weighted by Crippen LogP contribution is 2.27. The van der Waals surface area contributed by atoms with Crippen molar-refractivity contribution in [2.45, 2.75) is 13.0 Å². The molecule has 0 radical (unpaired) electrons. The predicted molar refractivity (Wildman–Crippen MR) is 104 cm³/mol. The molecule has 0 saturated carbocycles. The van der Waals surface area contributed by atoms with Crippen molar-refractivity contribution in [3.63, 3.8) is 0 Å². The van der Waals surface area contributed by atoms with Gasteiger partial charge in [-0.05, 0) is 29.3 Å². The maximum absolute atomic E-state index is 11.8. The fraction of sp³-hybridized carbons (Fsp3) is 0.333. The van der Waals surface area contributed by atoms with Gasteiger partial charge in [-0.25, -0.2) is 0 Å². The molecule has 0 aliphatic rings. The molecule has 2 rings (SSSR count). The van der Waals surface area contributed by atoms with Gasteiger partial charge in [0.2, 0.25) is 0 Å². The minimum absolute atomic E-state index is 0.0388. The lowest BCUT2D eigenvalue weighted by atomic mass is 10.2. The summed E-state index contributed by atoms with van der Waals surface area (Å²) in [7, 11) is 3.25. The zero-order valence-electron chi connectivity index (χ0n) is 15.7. The van der Waals surface area contributed by atoms with Crippen LogP contribution in [0.15, 0.2) is 53.5 Å². The van der Waals surface area contributed by atoms with Crippen molar-refractivity contribution in [2.24, 2.45) is 4.99 Å². The predicted octanol–water partition coefficient (Wildman–Crippen LogP) is 3.27. The van der Waals surface area contributed by atoms with Crippen LogP contribution in [0, 0.1) is 0 Å². The fourth-order valence-electron chi connectivity index (χ4n) is 2.28. The van der Waals surface area contributed by atoms with Crippen LogP contribution in [-0.2, 0) is 20.9 Å². The first-order valence-electron chi connectivity index (χ1n) is 8.72. The Hall–Kier alpha value is -2.86. The largest absolute Gasteiger partial charge is 0.493 e. The van der Waals surface area contributed by atoms with E-state index in [4.69, 9.17) is 18.9 Å². The van der Waals surface area contributed by atoms with E-state index in [0.717, 1.165) is 17.5 Å². The van der Waals surface area contributed by atoms with Gasteiger partial charge >= 0.3 is 5.97 Å². The molecule has 27 heavy (non-hydrogen) atoms. The van der Waals surface area contributed by atoms with Crippen LogP contribution in [0.25, 0.3) is 0 Å². The summed E-state index contributed by atoms with van der Waals surface area (Å²) in [5, 5.41) is 0. The number of benzene rings is 2. The Bertz CT molecular complexity index is 731. The number of rotatable bonds is 11. The third kappa shape index (κ3) is 7.50. The molecule has 6 heteroatoms. The van der Waals surface area contributed by atoms with Crippen molar-refractivity contribution in [2.75, 3.05) is 34.0 Å². The molecular formula is C21H25NO5. The molecule has 0 bridgehead atoms. The Labute approximate surface area is 159 Å². The number of hydrogen-bond donors (Lipinski definition) is 0. The second-order valence-corrected chi connectivity index (χ2v) is 5.72. The molecule has 0 heterocycles. The number of carbonyl (C=O) groups is 1. The van der Waals surface area contributed by atoms with E-state index in [1.54, 1.807) is 26.5 Å². The Kier molecular flexibility index (Phi) is 8.86. The SMILES string of the molecule is COCCCOc1cc(/C=N/CC(=O)OCc2ccccc2)ccc1OC. The number of hydrogen-bond acceptors (Lipinski definition) is 6. The van der Waals surface area contributed by atoms with E-state index in [0.29, 0.717) is 24.7 Å². The van der Waals surface area contributed by atoms with Crippen molar-refractivity contribution in [1.29, 1.82) is 0 Å². The maximum atomic E-state index is 11.8.